The first-order valence-corrected chi connectivity index (χ1v) is 26.6. The molecular weight excluding hydrogens is 741 g/mol. The van der Waals surface area contributed by atoms with Gasteiger partial charge < -0.3 is 14.2 Å². The van der Waals surface area contributed by atoms with Crippen molar-refractivity contribution in [2.24, 2.45) is 0 Å². The summed E-state index contributed by atoms with van der Waals surface area (Å²) in [6.07, 6.45) is 62.5. The largest absolute Gasteiger partial charge is 0.498 e. The minimum absolute atomic E-state index is 0.0536. The van der Waals surface area contributed by atoms with Crippen molar-refractivity contribution in [1.29, 1.82) is 0 Å². The maximum atomic E-state index is 12.8. The minimum atomic E-state index is -0.586. The van der Waals surface area contributed by atoms with Crippen molar-refractivity contribution in [3.8, 4) is 0 Å². The molecule has 0 aliphatic heterocycles. The molecule has 0 heterocycles. The van der Waals surface area contributed by atoms with Gasteiger partial charge in [0.15, 0.2) is 6.10 Å². The smallest absolute Gasteiger partial charge is 0.306 e. The Morgan fingerprint density at radius 1 is 0.367 bits per heavy atom. The molecule has 0 N–H and O–H groups in total. The number of allylic oxidation sites excluding steroid dienone is 5. The van der Waals surface area contributed by atoms with Crippen LogP contribution >= 0.6 is 0 Å². The van der Waals surface area contributed by atoms with Crippen molar-refractivity contribution >= 4 is 11.9 Å². The van der Waals surface area contributed by atoms with E-state index in [2.05, 4.69) is 51.2 Å². The van der Waals surface area contributed by atoms with Gasteiger partial charge in [-0.3, -0.25) is 9.59 Å². The first-order valence-electron chi connectivity index (χ1n) is 26.6. The molecule has 0 rings (SSSR count). The van der Waals surface area contributed by atoms with Gasteiger partial charge in [0.05, 0.1) is 6.26 Å². The fraction of sp³-hybridized carbons (Fsp3) is 0.855. The van der Waals surface area contributed by atoms with E-state index in [-0.39, 0.29) is 25.2 Å². The van der Waals surface area contributed by atoms with Crippen molar-refractivity contribution in [1.82, 2.24) is 0 Å². The molecule has 5 nitrogen and oxygen atoms in total. The summed E-state index contributed by atoms with van der Waals surface area (Å²) >= 11 is 0. The number of esters is 2. The monoisotopic (exact) mass is 843 g/mol. The molecule has 352 valence electrons. The van der Waals surface area contributed by atoms with Crippen molar-refractivity contribution in [2.45, 2.75) is 290 Å². The van der Waals surface area contributed by atoms with Crippen LogP contribution in [-0.2, 0) is 23.8 Å². The lowest BCUT2D eigenvalue weighted by molar-refractivity contribution is -0.161. The zero-order chi connectivity index (χ0) is 43.5. The summed E-state index contributed by atoms with van der Waals surface area (Å²) < 4.78 is 17.2. The second-order valence-electron chi connectivity index (χ2n) is 17.9. The Labute approximate surface area is 374 Å². The second-order valence-corrected chi connectivity index (χ2v) is 17.9. The third-order valence-corrected chi connectivity index (χ3v) is 11.7. The van der Waals surface area contributed by atoms with Crippen LogP contribution in [0.2, 0.25) is 0 Å². The summed E-state index contributed by atoms with van der Waals surface area (Å²) in [4.78, 5) is 25.4. The molecule has 0 aromatic rings. The molecule has 0 amide bonds. The van der Waals surface area contributed by atoms with Gasteiger partial charge in [-0.05, 0) is 63.9 Å². The van der Waals surface area contributed by atoms with E-state index in [1.807, 2.05) is 0 Å². The maximum Gasteiger partial charge on any atom is 0.306 e. The van der Waals surface area contributed by atoms with Gasteiger partial charge in [0.1, 0.15) is 13.2 Å². The summed E-state index contributed by atoms with van der Waals surface area (Å²) in [7, 11) is 0. The molecule has 0 aliphatic carbocycles. The Balaban J connectivity index is 4.30. The zero-order valence-corrected chi connectivity index (χ0v) is 40.5. The zero-order valence-electron chi connectivity index (χ0n) is 40.5. The maximum absolute atomic E-state index is 12.8. The predicted octanol–water partition coefficient (Wildman–Crippen LogP) is 18.1. The van der Waals surface area contributed by atoms with E-state index in [1.54, 1.807) is 6.26 Å². The van der Waals surface area contributed by atoms with Crippen LogP contribution < -0.4 is 0 Å². The molecule has 0 bridgehead atoms. The Morgan fingerprint density at radius 3 is 1.13 bits per heavy atom. The average Bonchev–Trinajstić information content (AvgIpc) is 3.25. The van der Waals surface area contributed by atoms with Crippen LogP contribution in [-0.4, -0.2) is 31.3 Å². The molecule has 0 spiro atoms. The molecule has 0 saturated carbocycles. The fourth-order valence-corrected chi connectivity index (χ4v) is 7.74. The SMILES string of the molecule is CCCCC/C=C\C/C=C\CCCCCCCC(=O)OC(COC=CCCCCCCCCCCCCCC)COC(=O)CCCCCCCCCCCCCCCCC. The molecule has 0 aromatic carbocycles. The van der Waals surface area contributed by atoms with Crippen LogP contribution in [0.1, 0.15) is 284 Å². The first kappa shape index (κ1) is 58.0. The molecule has 0 saturated heterocycles. The molecule has 5 heteroatoms. The molecule has 0 radical (unpaired) electrons. The number of hydrogen-bond donors (Lipinski definition) is 0. The molecule has 60 heavy (non-hydrogen) atoms. The van der Waals surface area contributed by atoms with Crippen molar-refractivity contribution in [2.75, 3.05) is 13.2 Å². The lowest BCUT2D eigenvalue weighted by Gasteiger charge is -2.17. The van der Waals surface area contributed by atoms with Gasteiger partial charge in [0, 0.05) is 12.8 Å². The van der Waals surface area contributed by atoms with Gasteiger partial charge in [-0.2, -0.15) is 0 Å². The topological polar surface area (TPSA) is 61.8 Å². The highest BCUT2D eigenvalue weighted by Gasteiger charge is 2.17. The standard InChI is InChI=1S/C55H102O5/c1-4-7-10-13-16-19-22-25-28-30-33-36-39-42-45-48-54(56)59-52-53(51-58-50-47-44-41-38-35-32-27-24-21-18-15-12-9-6-3)60-55(57)49-46-43-40-37-34-31-29-26-23-20-17-14-11-8-5-2/h17,20,26,29,47,50,53H,4-16,18-19,21-25,27-28,30-46,48-49,51-52H2,1-3H3/b20-17-,29-26-,50-47?. The summed E-state index contributed by atoms with van der Waals surface area (Å²) in [5.41, 5.74) is 0. The van der Waals surface area contributed by atoms with Crippen LogP contribution in [0.3, 0.4) is 0 Å². The molecular formula is C55H102O5. The number of unbranched alkanes of at least 4 members (excludes halogenated alkanes) is 34. The summed E-state index contributed by atoms with van der Waals surface area (Å²) in [6, 6.07) is 0. The van der Waals surface area contributed by atoms with Gasteiger partial charge in [0.25, 0.3) is 0 Å². The third-order valence-electron chi connectivity index (χ3n) is 11.7. The lowest BCUT2D eigenvalue weighted by Crippen LogP contribution is -2.29. The van der Waals surface area contributed by atoms with E-state index in [0.717, 1.165) is 51.4 Å². The average molecular weight is 843 g/mol. The predicted molar refractivity (Wildman–Crippen MR) is 261 cm³/mol. The van der Waals surface area contributed by atoms with Crippen LogP contribution in [0, 0.1) is 0 Å². The van der Waals surface area contributed by atoms with Gasteiger partial charge in [0.2, 0.25) is 0 Å². The van der Waals surface area contributed by atoms with Gasteiger partial charge >= 0.3 is 11.9 Å². The van der Waals surface area contributed by atoms with Crippen LogP contribution in [0.4, 0.5) is 0 Å². The van der Waals surface area contributed by atoms with E-state index >= 15 is 0 Å². The second kappa shape index (κ2) is 51.3. The Bertz CT molecular complexity index is 955. The van der Waals surface area contributed by atoms with Gasteiger partial charge in [-0.25, -0.2) is 0 Å². The molecule has 0 fully saturated rings. The van der Waals surface area contributed by atoms with E-state index in [1.165, 1.54) is 199 Å². The quantitative estimate of drug-likeness (QED) is 0.0264. The van der Waals surface area contributed by atoms with Crippen molar-refractivity contribution in [3.05, 3.63) is 36.6 Å². The lowest BCUT2D eigenvalue weighted by atomic mass is 10.0. The van der Waals surface area contributed by atoms with E-state index in [9.17, 15) is 9.59 Å². The minimum Gasteiger partial charge on any atom is -0.498 e. The van der Waals surface area contributed by atoms with E-state index in [0.29, 0.717) is 12.8 Å². The van der Waals surface area contributed by atoms with Crippen LogP contribution in [0.15, 0.2) is 36.6 Å². The van der Waals surface area contributed by atoms with E-state index in [4.69, 9.17) is 14.2 Å². The Hall–Kier alpha value is -2.04. The van der Waals surface area contributed by atoms with Crippen molar-refractivity contribution < 1.29 is 23.8 Å². The van der Waals surface area contributed by atoms with Gasteiger partial charge in [-0.1, -0.05) is 238 Å². The number of hydrogen-bond acceptors (Lipinski definition) is 5. The fourth-order valence-electron chi connectivity index (χ4n) is 7.74. The van der Waals surface area contributed by atoms with Crippen molar-refractivity contribution in [3.63, 3.8) is 0 Å². The summed E-state index contributed by atoms with van der Waals surface area (Å²) in [6.45, 7) is 7.06. The van der Waals surface area contributed by atoms with Gasteiger partial charge in [-0.15, -0.1) is 0 Å². The summed E-state index contributed by atoms with van der Waals surface area (Å²) in [5, 5.41) is 0. The number of carbonyl (C=O) groups excluding carboxylic acids is 2. The number of ether oxygens (including phenoxy) is 3. The number of carbonyl (C=O) groups is 2. The van der Waals surface area contributed by atoms with Crippen LogP contribution in [0.25, 0.3) is 0 Å². The highest BCUT2D eigenvalue weighted by atomic mass is 16.6. The third kappa shape index (κ3) is 48.6. The molecule has 0 aliphatic rings. The first-order chi connectivity index (χ1) is 29.6. The van der Waals surface area contributed by atoms with E-state index < -0.39 is 6.10 Å². The summed E-state index contributed by atoms with van der Waals surface area (Å²) in [5.74, 6) is -0.435. The molecule has 1 atom stereocenters. The normalized spacial score (nSPS) is 12.3. The molecule has 1 unspecified atom stereocenters. The molecule has 0 aromatic heterocycles. The highest BCUT2D eigenvalue weighted by molar-refractivity contribution is 5.70. The van der Waals surface area contributed by atoms with Crippen LogP contribution in [0.5, 0.6) is 0 Å². The highest BCUT2D eigenvalue weighted by Crippen LogP contribution is 2.16. The Kier molecular flexibility index (Phi) is 49.6. The Morgan fingerprint density at radius 2 is 0.700 bits per heavy atom. The number of rotatable bonds is 49.